The van der Waals surface area contributed by atoms with Crippen LogP contribution in [0.1, 0.15) is 6.92 Å². The summed E-state index contributed by atoms with van der Waals surface area (Å²) in [7, 11) is 0. The summed E-state index contributed by atoms with van der Waals surface area (Å²) < 4.78 is 83.5. The molecule has 0 aliphatic rings. The summed E-state index contributed by atoms with van der Waals surface area (Å²) in [5, 5.41) is 8.81. The monoisotopic (exact) mass is 623 g/mol. The molecule has 0 saturated carbocycles. The molecule has 0 bridgehead atoms. The van der Waals surface area contributed by atoms with Gasteiger partial charge in [0.2, 0.25) is 0 Å². The van der Waals surface area contributed by atoms with Gasteiger partial charge in [0.25, 0.3) is 0 Å². The Morgan fingerprint density at radius 2 is 1.35 bits per heavy atom. The van der Waals surface area contributed by atoms with Crippen molar-refractivity contribution >= 4 is 31.8 Å². The third-order valence-electron chi connectivity index (χ3n) is 3.31. The summed E-state index contributed by atoms with van der Waals surface area (Å²) in [6.07, 6.45) is -12.6. The van der Waals surface area contributed by atoms with Crippen LogP contribution in [0, 0.1) is 0 Å². The molecule has 13 heteroatoms. The molecule has 0 aliphatic carbocycles. The molecule has 0 heterocycles. The number of hydrogen-bond acceptors (Lipinski definition) is 5. The van der Waals surface area contributed by atoms with Gasteiger partial charge in [-0.25, -0.2) is 0 Å². The first-order valence-electron chi connectivity index (χ1n) is 6.70. The second-order valence-corrected chi connectivity index (χ2v) is 14.3. The third-order valence-corrected chi connectivity index (χ3v) is 12.6. The zero-order chi connectivity index (χ0) is 21.0. The Hall–Kier alpha value is -0.0600. The molecule has 0 spiro atoms. The van der Waals surface area contributed by atoms with Gasteiger partial charge in [-0.2, -0.15) is 0 Å². The van der Waals surface area contributed by atoms with Crippen LogP contribution in [0.4, 0.5) is 26.3 Å². The number of ether oxygens (including phenoxy) is 2. The Morgan fingerprint density at radius 3 is 1.65 bits per heavy atom. The molecule has 0 rings (SSSR count). The molecule has 0 aromatic rings. The Balaban J connectivity index is 4.88. The van der Waals surface area contributed by atoms with Gasteiger partial charge in [0, 0.05) is 0 Å². The number of esters is 2. The Morgan fingerprint density at radius 1 is 0.962 bits per heavy atom. The summed E-state index contributed by atoms with van der Waals surface area (Å²) in [4.78, 5) is 29.1. The van der Waals surface area contributed by atoms with E-state index in [2.05, 4.69) is 4.74 Å². The number of rotatable bonds is 8. The van der Waals surface area contributed by atoms with E-state index in [1.165, 1.54) is 0 Å². The molecule has 0 aromatic carbocycles. The van der Waals surface area contributed by atoms with Crippen molar-refractivity contribution in [2.45, 2.75) is 28.3 Å². The zero-order valence-electron chi connectivity index (χ0n) is 14.2. The summed E-state index contributed by atoms with van der Waals surface area (Å²) in [5.41, 5.74) is -5.64. The predicted octanol–water partition coefficient (Wildman–Crippen LogP) is -0.828. The number of alkyl halides is 11. The molecule has 1 N–H and O–H groups in total. The second kappa shape index (κ2) is 9.43. The van der Waals surface area contributed by atoms with Crippen molar-refractivity contribution in [2.75, 3.05) is 32.4 Å². The standard InChI is InChI=1S/C13H19F6I2O5/c1-10(7-20-2,21(3)4)8(22)25-5-6-26-9(23)11(24,12(14,15)16)13(17,18)19/h24H,5-7H2,1-4H3/q-1. The van der Waals surface area contributed by atoms with Gasteiger partial charge >= 0.3 is 164 Å². The molecule has 0 fully saturated rings. The van der Waals surface area contributed by atoms with Crippen LogP contribution < -0.4 is 21.2 Å². The number of aliphatic hydroxyl groups is 1. The molecule has 1 unspecified atom stereocenters. The van der Waals surface area contributed by atoms with Gasteiger partial charge in [-0.1, -0.05) is 0 Å². The van der Waals surface area contributed by atoms with E-state index in [9.17, 15) is 35.9 Å². The minimum absolute atomic E-state index is 0.252. The van der Waals surface area contributed by atoms with Crippen LogP contribution in [0.3, 0.4) is 0 Å². The van der Waals surface area contributed by atoms with Crippen molar-refractivity contribution in [3.05, 3.63) is 0 Å². The summed E-state index contributed by atoms with van der Waals surface area (Å²) in [6, 6.07) is 0. The van der Waals surface area contributed by atoms with E-state index in [1.54, 1.807) is 6.92 Å². The normalized spacial score (nSPS) is 16.0. The van der Waals surface area contributed by atoms with Crippen LogP contribution in [0.15, 0.2) is 0 Å². The first kappa shape index (κ1) is 25.9. The second-order valence-electron chi connectivity index (χ2n) is 5.33. The summed E-state index contributed by atoms with van der Waals surface area (Å²) in [6.45, 7) is -0.0443. The first-order chi connectivity index (χ1) is 11.6. The average Bonchev–Trinajstić information content (AvgIpc) is 2.47. The van der Waals surface area contributed by atoms with Crippen molar-refractivity contribution in [1.82, 2.24) is 0 Å². The Kier molecular flexibility index (Phi) is 9.40. The summed E-state index contributed by atoms with van der Waals surface area (Å²) >= 11 is -1.94. The van der Waals surface area contributed by atoms with Crippen molar-refractivity contribution in [3.63, 3.8) is 0 Å². The quantitative estimate of drug-likeness (QED) is 0.126. The predicted molar refractivity (Wildman–Crippen MR) is 84.0 cm³/mol. The zero-order valence-corrected chi connectivity index (χ0v) is 18.5. The SMILES string of the molecule is C[I-]CC(C)(C(=O)OCCOC(=O)C(O)(C(F)(F)F)C(F)(F)F)I(C)C. The molecule has 0 aromatic heterocycles. The number of hydrogen-bond donors (Lipinski definition) is 1. The molecule has 26 heavy (non-hydrogen) atoms. The van der Waals surface area contributed by atoms with E-state index in [0.29, 0.717) is 4.43 Å². The van der Waals surface area contributed by atoms with Gasteiger partial charge in [-0.3, -0.25) is 0 Å². The van der Waals surface area contributed by atoms with E-state index in [-0.39, 0.29) is 21.2 Å². The van der Waals surface area contributed by atoms with Crippen LogP contribution in [0.2, 0.25) is 0 Å². The number of carbonyl (C=O) groups excluding carboxylic acids is 2. The molecule has 0 aliphatic heterocycles. The van der Waals surface area contributed by atoms with Crippen molar-refractivity contribution in [1.29, 1.82) is 0 Å². The van der Waals surface area contributed by atoms with Crippen molar-refractivity contribution in [2.24, 2.45) is 0 Å². The summed E-state index contributed by atoms with van der Waals surface area (Å²) in [5.74, 6) is -3.54. The van der Waals surface area contributed by atoms with Gasteiger partial charge in [-0.15, -0.1) is 0 Å². The fourth-order valence-corrected chi connectivity index (χ4v) is 10.6. The van der Waals surface area contributed by atoms with Gasteiger partial charge in [0.15, 0.2) is 0 Å². The Bertz CT molecular complexity index is 494. The molecular weight excluding hydrogens is 604 g/mol. The molecule has 0 saturated heterocycles. The maximum atomic E-state index is 12.5. The molecule has 0 radical (unpaired) electrons. The maximum absolute atomic E-state index is 12.5. The van der Waals surface area contributed by atoms with Gasteiger partial charge in [0.1, 0.15) is 0 Å². The van der Waals surface area contributed by atoms with E-state index in [4.69, 9.17) is 9.84 Å². The van der Waals surface area contributed by atoms with Crippen LogP contribution in [0.25, 0.3) is 0 Å². The van der Waals surface area contributed by atoms with E-state index < -0.39 is 66.3 Å². The molecule has 0 amide bonds. The van der Waals surface area contributed by atoms with E-state index >= 15 is 0 Å². The van der Waals surface area contributed by atoms with Gasteiger partial charge < -0.3 is 0 Å². The number of carbonyl (C=O) groups is 2. The van der Waals surface area contributed by atoms with Gasteiger partial charge in [-0.05, 0) is 0 Å². The first-order valence-corrected chi connectivity index (χ1v) is 15.8. The van der Waals surface area contributed by atoms with E-state index in [0.717, 1.165) is 0 Å². The van der Waals surface area contributed by atoms with Crippen LogP contribution in [0.5, 0.6) is 0 Å². The average molecular weight is 623 g/mol. The topological polar surface area (TPSA) is 72.8 Å². The van der Waals surface area contributed by atoms with E-state index in [1.807, 2.05) is 14.8 Å². The molecular formula is C13H19F6I2O5-. The van der Waals surface area contributed by atoms with Crippen LogP contribution >= 0.6 is 19.8 Å². The molecule has 158 valence electrons. The number of halogens is 8. The fourth-order valence-electron chi connectivity index (χ4n) is 1.48. The fraction of sp³-hybridized carbons (Fsp3) is 0.846. The van der Waals surface area contributed by atoms with Crippen LogP contribution in [-0.2, 0) is 19.1 Å². The van der Waals surface area contributed by atoms with Crippen molar-refractivity contribution in [3.8, 4) is 0 Å². The Labute approximate surface area is 163 Å². The molecule has 1 atom stereocenters. The molecule has 5 nitrogen and oxygen atoms in total. The van der Waals surface area contributed by atoms with Crippen molar-refractivity contribution < 1.29 is 71.7 Å². The minimum atomic E-state index is -6.31. The van der Waals surface area contributed by atoms with Crippen LogP contribution in [-0.4, -0.2) is 70.9 Å². The van der Waals surface area contributed by atoms with Gasteiger partial charge in [0.05, 0.1) is 0 Å². The third kappa shape index (κ3) is 5.72.